The van der Waals surface area contributed by atoms with Gasteiger partial charge in [-0.3, -0.25) is 4.79 Å². The molecule has 27 heavy (non-hydrogen) atoms. The molecule has 0 atom stereocenters. The number of hydrogen-bond acceptors (Lipinski definition) is 2. The summed E-state index contributed by atoms with van der Waals surface area (Å²) in [7, 11) is 0. The summed E-state index contributed by atoms with van der Waals surface area (Å²) in [5.41, 5.74) is 2.31. The molecule has 0 aliphatic rings. The zero-order valence-electron chi connectivity index (χ0n) is 14.5. The van der Waals surface area contributed by atoms with Crippen molar-refractivity contribution in [2.24, 2.45) is 0 Å². The van der Waals surface area contributed by atoms with Crippen molar-refractivity contribution in [3.63, 3.8) is 0 Å². The summed E-state index contributed by atoms with van der Waals surface area (Å²) in [6.07, 6.45) is 3.33. The summed E-state index contributed by atoms with van der Waals surface area (Å²) >= 11 is 5.96. The van der Waals surface area contributed by atoms with Crippen LogP contribution in [-0.4, -0.2) is 20.4 Å². The summed E-state index contributed by atoms with van der Waals surface area (Å²) in [4.78, 5) is 19.5. The van der Waals surface area contributed by atoms with Gasteiger partial charge in [0, 0.05) is 34.9 Å². The highest BCUT2D eigenvalue weighted by Gasteiger charge is 2.11. The Morgan fingerprint density at radius 1 is 1.26 bits per heavy atom. The zero-order chi connectivity index (χ0) is 19.0. The molecule has 0 saturated carbocycles. The number of carbonyl (C=O) groups is 1. The number of imidazole rings is 1. The van der Waals surface area contributed by atoms with Crippen LogP contribution in [0.2, 0.25) is 5.02 Å². The van der Waals surface area contributed by atoms with E-state index in [0.29, 0.717) is 27.8 Å². The zero-order valence-corrected chi connectivity index (χ0v) is 15.2. The summed E-state index contributed by atoms with van der Waals surface area (Å²) < 4.78 is 16.1. The van der Waals surface area contributed by atoms with Crippen LogP contribution in [0.3, 0.4) is 0 Å². The predicted molar refractivity (Wildman–Crippen MR) is 103 cm³/mol. The molecule has 2 aromatic carbocycles. The van der Waals surface area contributed by atoms with E-state index in [0.717, 1.165) is 10.9 Å². The Morgan fingerprint density at radius 2 is 2.11 bits per heavy atom. The molecule has 0 unspecified atom stereocenters. The minimum atomic E-state index is -0.372. The number of fused-ring (bicyclic) bond motifs is 1. The third-order valence-electron chi connectivity index (χ3n) is 4.38. The van der Waals surface area contributed by atoms with Crippen LogP contribution in [0.4, 0.5) is 4.39 Å². The molecule has 4 aromatic rings. The van der Waals surface area contributed by atoms with Gasteiger partial charge in [0.1, 0.15) is 17.3 Å². The second-order valence-corrected chi connectivity index (χ2v) is 6.66. The van der Waals surface area contributed by atoms with E-state index in [1.807, 2.05) is 6.07 Å². The summed E-state index contributed by atoms with van der Waals surface area (Å²) in [5, 5.41) is 4.29. The van der Waals surface area contributed by atoms with E-state index in [1.165, 1.54) is 6.07 Å². The van der Waals surface area contributed by atoms with Crippen molar-refractivity contribution in [1.82, 2.24) is 19.9 Å². The topological polar surface area (TPSA) is 62.7 Å². The van der Waals surface area contributed by atoms with Crippen molar-refractivity contribution < 1.29 is 9.18 Å². The van der Waals surface area contributed by atoms with E-state index in [-0.39, 0.29) is 18.3 Å². The van der Waals surface area contributed by atoms with E-state index in [2.05, 4.69) is 15.3 Å². The number of H-pyrrole nitrogens is 1. The maximum atomic E-state index is 14.4. The van der Waals surface area contributed by atoms with Gasteiger partial charge in [-0.15, -0.1) is 0 Å². The largest absolute Gasteiger partial charge is 0.350 e. The molecular formula is C20H16ClFN4O. The Kier molecular flexibility index (Phi) is 4.41. The fourth-order valence-electron chi connectivity index (χ4n) is 2.99. The fraction of sp³-hybridized carbons (Fsp3) is 0.100. The Hall–Kier alpha value is -3.12. The number of carbonyl (C=O) groups excluding carboxylic acids is 1. The van der Waals surface area contributed by atoms with E-state index >= 15 is 0 Å². The summed E-state index contributed by atoms with van der Waals surface area (Å²) in [6, 6.07) is 12.0. The third-order valence-corrected chi connectivity index (χ3v) is 4.61. The second kappa shape index (κ2) is 6.89. The van der Waals surface area contributed by atoms with Crippen molar-refractivity contribution in [2.45, 2.75) is 13.5 Å². The van der Waals surface area contributed by atoms with Gasteiger partial charge in [-0.05, 0) is 42.8 Å². The molecular weight excluding hydrogens is 367 g/mol. The van der Waals surface area contributed by atoms with Gasteiger partial charge in [0.2, 0.25) is 0 Å². The Morgan fingerprint density at radius 3 is 2.85 bits per heavy atom. The highest BCUT2D eigenvalue weighted by atomic mass is 35.5. The number of nitrogens with one attached hydrogen (secondary N) is 2. The normalized spacial score (nSPS) is 11.1. The van der Waals surface area contributed by atoms with Crippen LogP contribution in [0.5, 0.6) is 0 Å². The first-order valence-corrected chi connectivity index (χ1v) is 8.74. The lowest BCUT2D eigenvalue weighted by molar-refractivity contribution is 0.0946. The van der Waals surface area contributed by atoms with E-state index in [4.69, 9.17) is 11.6 Å². The van der Waals surface area contributed by atoms with Gasteiger partial charge >= 0.3 is 0 Å². The number of nitrogens with zero attached hydrogens (tertiary/aromatic N) is 2. The van der Waals surface area contributed by atoms with Gasteiger partial charge in [-0.1, -0.05) is 23.7 Å². The maximum Gasteiger partial charge on any atom is 0.267 e. The third kappa shape index (κ3) is 3.44. The number of hydrogen-bond donors (Lipinski definition) is 2. The Balaban J connectivity index is 1.48. The second-order valence-electron chi connectivity index (χ2n) is 6.23. The molecule has 4 rings (SSSR count). The van der Waals surface area contributed by atoms with Crippen molar-refractivity contribution in [3.05, 3.63) is 82.8 Å². The van der Waals surface area contributed by atoms with Crippen LogP contribution in [-0.2, 0) is 6.54 Å². The van der Waals surface area contributed by atoms with Crippen molar-refractivity contribution >= 4 is 28.4 Å². The first-order chi connectivity index (χ1) is 13.0. The SMILES string of the molecule is Cc1nccn1-c1ccc(CNC(=O)c2cc3ccc(Cl)cc3[nH]2)cc1F. The number of aryl methyl sites for hydroxylation is 1. The molecule has 0 saturated heterocycles. The predicted octanol–water partition coefficient (Wildman–Crippen LogP) is 4.38. The quantitative estimate of drug-likeness (QED) is 0.550. The van der Waals surface area contributed by atoms with E-state index < -0.39 is 0 Å². The lowest BCUT2D eigenvalue weighted by Gasteiger charge is -2.09. The molecule has 0 spiro atoms. The monoisotopic (exact) mass is 382 g/mol. The molecule has 2 aromatic heterocycles. The average Bonchev–Trinajstić information content (AvgIpc) is 3.25. The van der Waals surface area contributed by atoms with Crippen molar-refractivity contribution in [2.75, 3.05) is 0 Å². The Bertz CT molecular complexity index is 1150. The molecule has 2 N–H and O–H groups in total. The van der Waals surface area contributed by atoms with Gasteiger partial charge in [0.25, 0.3) is 5.91 Å². The smallest absolute Gasteiger partial charge is 0.267 e. The average molecular weight is 383 g/mol. The van der Waals surface area contributed by atoms with Crippen LogP contribution < -0.4 is 5.32 Å². The molecule has 136 valence electrons. The van der Waals surface area contributed by atoms with Gasteiger partial charge < -0.3 is 14.9 Å². The lowest BCUT2D eigenvalue weighted by atomic mass is 10.2. The van der Waals surface area contributed by atoms with Gasteiger partial charge in [0.15, 0.2) is 0 Å². The summed E-state index contributed by atoms with van der Waals surface area (Å²) in [6.45, 7) is 2.02. The molecule has 0 aliphatic heterocycles. The fourth-order valence-corrected chi connectivity index (χ4v) is 3.16. The molecule has 0 aliphatic carbocycles. The number of aromatic nitrogens is 3. The van der Waals surface area contributed by atoms with Crippen molar-refractivity contribution in [1.29, 1.82) is 0 Å². The summed E-state index contributed by atoms with van der Waals surface area (Å²) in [5.74, 6) is 0.0641. The first kappa shape index (κ1) is 17.3. The highest BCUT2D eigenvalue weighted by molar-refractivity contribution is 6.31. The molecule has 7 heteroatoms. The minimum absolute atomic E-state index is 0.217. The van der Waals surface area contributed by atoms with Crippen LogP contribution in [0.25, 0.3) is 16.6 Å². The Labute approximate surface area is 159 Å². The molecule has 5 nitrogen and oxygen atoms in total. The number of amides is 1. The highest BCUT2D eigenvalue weighted by Crippen LogP contribution is 2.20. The van der Waals surface area contributed by atoms with Gasteiger partial charge in [0.05, 0.1) is 5.69 Å². The molecule has 0 bridgehead atoms. The van der Waals surface area contributed by atoms with E-state index in [1.54, 1.807) is 54.2 Å². The van der Waals surface area contributed by atoms with Crippen LogP contribution in [0, 0.1) is 12.7 Å². The molecule has 0 radical (unpaired) electrons. The van der Waals surface area contributed by atoms with E-state index in [9.17, 15) is 9.18 Å². The van der Waals surface area contributed by atoms with Gasteiger partial charge in [-0.2, -0.15) is 0 Å². The lowest BCUT2D eigenvalue weighted by Crippen LogP contribution is -2.23. The maximum absolute atomic E-state index is 14.4. The number of rotatable bonds is 4. The van der Waals surface area contributed by atoms with Crippen LogP contribution in [0.15, 0.2) is 54.9 Å². The van der Waals surface area contributed by atoms with Crippen LogP contribution >= 0.6 is 11.6 Å². The molecule has 0 fully saturated rings. The van der Waals surface area contributed by atoms with Gasteiger partial charge in [-0.25, -0.2) is 9.37 Å². The first-order valence-electron chi connectivity index (χ1n) is 8.36. The number of halogens is 2. The minimum Gasteiger partial charge on any atom is -0.350 e. The van der Waals surface area contributed by atoms with Crippen molar-refractivity contribution in [3.8, 4) is 5.69 Å². The molecule has 2 heterocycles. The number of benzene rings is 2. The standard InChI is InChI=1S/C20H16ClFN4O/c1-12-23-6-7-26(12)19-5-2-13(8-16(19)22)11-24-20(27)18-9-14-3-4-15(21)10-17(14)25-18/h2-10,25H,11H2,1H3,(H,24,27). The molecule has 1 amide bonds. The van der Waals surface area contributed by atoms with Crippen LogP contribution in [0.1, 0.15) is 21.9 Å². The number of aromatic amines is 1.